The first-order chi connectivity index (χ1) is 12.3. The van der Waals surface area contributed by atoms with E-state index >= 15 is 0 Å². The number of carboxylic acid groups (broad SMARTS) is 1. The van der Waals surface area contributed by atoms with Crippen molar-refractivity contribution in [1.82, 2.24) is 15.3 Å². The Bertz CT molecular complexity index is 818. The number of hydrogen-bond donors (Lipinski definition) is 3. The van der Waals surface area contributed by atoms with E-state index in [1.54, 1.807) is 12.1 Å². The monoisotopic (exact) mass is 356 g/mol. The van der Waals surface area contributed by atoms with Gasteiger partial charge in [-0.2, -0.15) is 0 Å². The van der Waals surface area contributed by atoms with E-state index in [-0.39, 0.29) is 11.8 Å². The van der Waals surface area contributed by atoms with Crippen molar-refractivity contribution in [3.05, 3.63) is 53.6 Å². The second-order valence-corrected chi connectivity index (χ2v) is 6.04. The van der Waals surface area contributed by atoms with Gasteiger partial charge in [0.05, 0.1) is 11.3 Å². The zero-order valence-electron chi connectivity index (χ0n) is 14.7. The van der Waals surface area contributed by atoms with Gasteiger partial charge in [0.25, 0.3) is 11.8 Å². The van der Waals surface area contributed by atoms with E-state index in [1.807, 2.05) is 13.8 Å². The van der Waals surface area contributed by atoms with Crippen LogP contribution >= 0.6 is 0 Å². The number of carboxylic acids is 1. The van der Waals surface area contributed by atoms with Crippen LogP contribution in [0.5, 0.6) is 0 Å². The van der Waals surface area contributed by atoms with Crippen LogP contribution in [0.25, 0.3) is 0 Å². The summed E-state index contributed by atoms with van der Waals surface area (Å²) in [6.45, 7) is 5.25. The third-order valence-corrected chi connectivity index (χ3v) is 3.66. The number of aromatic nitrogens is 2. The van der Waals surface area contributed by atoms with E-state index in [0.29, 0.717) is 22.5 Å². The highest BCUT2D eigenvalue weighted by Gasteiger charge is 2.17. The molecule has 0 radical (unpaired) electrons. The molecular weight excluding hydrogens is 336 g/mol. The summed E-state index contributed by atoms with van der Waals surface area (Å²) in [5.41, 5.74) is 1.83. The van der Waals surface area contributed by atoms with Crippen LogP contribution in [-0.2, 0) is 4.79 Å². The van der Waals surface area contributed by atoms with Crippen LogP contribution in [0.4, 0.5) is 5.69 Å². The molecule has 1 aromatic heterocycles. The molecule has 1 heterocycles. The van der Waals surface area contributed by atoms with Gasteiger partial charge in [-0.3, -0.25) is 14.4 Å². The molecule has 0 aliphatic heterocycles. The van der Waals surface area contributed by atoms with Gasteiger partial charge in [-0.15, -0.1) is 0 Å². The normalized spacial score (nSPS) is 11.7. The molecule has 2 aromatic rings. The first-order valence-electron chi connectivity index (χ1n) is 8.04. The second kappa shape index (κ2) is 8.19. The van der Waals surface area contributed by atoms with E-state index in [4.69, 9.17) is 5.11 Å². The quantitative estimate of drug-likeness (QED) is 0.728. The summed E-state index contributed by atoms with van der Waals surface area (Å²) in [5.74, 6) is -1.89. The van der Waals surface area contributed by atoms with Crippen molar-refractivity contribution in [2.24, 2.45) is 0 Å². The van der Waals surface area contributed by atoms with Gasteiger partial charge in [0.2, 0.25) is 0 Å². The molecule has 1 aromatic carbocycles. The van der Waals surface area contributed by atoms with Crippen molar-refractivity contribution >= 4 is 23.5 Å². The van der Waals surface area contributed by atoms with E-state index in [2.05, 4.69) is 20.6 Å². The Morgan fingerprint density at radius 3 is 2.27 bits per heavy atom. The molecule has 8 heteroatoms. The maximum atomic E-state index is 12.4. The smallest absolute Gasteiger partial charge is 0.325 e. The summed E-state index contributed by atoms with van der Waals surface area (Å²) in [7, 11) is 0. The van der Waals surface area contributed by atoms with Gasteiger partial charge < -0.3 is 15.7 Å². The lowest BCUT2D eigenvalue weighted by molar-refractivity contribution is -0.138. The highest BCUT2D eigenvalue weighted by molar-refractivity contribution is 6.05. The number of nitrogens with one attached hydrogen (secondary N) is 2. The first-order valence-corrected chi connectivity index (χ1v) is 8.04. The van der Waals surface area contributed by atoms with Crippen LogP contribution in [0.2, 0.25) is 0 Å². The van der Waals surface area contributed by atoms with E-state index in [9.17, 15) is 14.4 Å². The average Bonchev–Trinajstić information content (AvgIpc) is 2.62. The maximum Gasteiger partial charge on any atom is 0.325 e. The molecule has 0 aliphatic rings. The zero-order chi connectivity index (χ0) is 19.3. The Labute approximate surface area is 150 Å². The van der Waals surface area contributed by atoms with Crippen LogP contribution in [0.3, 0.4) is 0 Å². The topological polar surface area (TPSA) is 121 Å². The maximum absolute atomic E-state index is 12.4. The lowest BCUT2D eigenvalue weighted by Crippen LogP contribution is -2.38. The summed E-state index contributed by atoms with van der Waals surface area (Å²) in [5, 5.41) is 13.9. The van der Waals surface area contributed by atoms with Crippen LogP contribution in [0.1, 0.15) is 53.1 Å². The highest BCUT2D eigenvalue weighted by Crippen LogP contribution is 2.17. The van der Waals surface area contributed by atoms with Crippen LogP contribution < -0.4 is 10.6 Å². The molecule has 0 saturated carbocycles. The number of amides is 2. The minimum absolute atomic E-state index is 0.0704. The standard InChI is InChI=1S/C18H20N4O4/c1-10(2)15-14(8-19-9-20-15)17(24)22-13-6-4-12(5-7-13)16(23)21-11(3)18(25)26/h4-11H,1-3H3,(H,21,23)(H,22,24)(H,25,26). The van der Waals surface area contributed by atoms with Gasteiger partial charge in [0.1, 0.15) is 12.4 Å². The Hall–Kier alpha value is -3.29. The molecule has 0 fully saturated rings. The van der Waals surface area contributed by atoms with Crippen molar-refractivity contribution in [3.8, 4) is 0 Å². The molecule has 8 nitrogen and oxygen atoms in total. The van der Waals surface area contributed by atoms with Gasteiger partial charge in [-0.1, -0.05) is 13.8 Å². The predicted molar refractivity (Wildman–Crippen MR) is 95.1 cm³/mol. The highest BCUT2D eigenvalue weighted by atomic mass is 16.4. The molecule has 2 rings (SSSR count). The Kier molecular flexibility index (Phi) is 6.00. The number of aliphatic carboxylic acids is 1. The van der Waals surface area contributed by atoms with Gasteiger partial charge in [-0.25, -0.2) is 9.97 Å². The van der Waals surface area contributed by atoms with Crippen molar-refractivity contribution in [3.63, 3.8) is 0 Å². The Morgan fingerprint density at radius 2 is 1.69 bits per heavy atom. The molecule has 1 atom stereocenters. The van der Waals surface area contributed by atoms with Gasteiger partial charge in [-0.05, 0) is 37.1 Å². The zero-order valence-corrected chi connectivity index (χ0v) is 14.7. The summed E-state index contributed by atoms with van der Waals surface area (Å²) < 4.78 is 0. The minimum Gasteiger partial charge on any atom is -0.480 e. The number of nitrogens with zero attached hydrogens (tertiary/aromatic N) is 2. The summed E-state index contributed by atoms with van der Waals surface area (Å²) in [6.07, 6.45) is 2.87. The van der Waals surface area contributed by atoms with E-state index in [0.717, 1.165) is 0 Å². The largest absolute Gasteiger partial charge is 0.480 e. The molecule has 2 amide bonds. The molecule has 0 spiro atoms. The average molecular weight is 356 g/mol. The lowest BCUT2D eigenvalue weighted by Gasteiger charge is -2.12. The number of benzene rings is 1. The summed E-state index contributed by atoms with van der Waals surface area (Å²) in [4.78, 5) is 43.2. The number of carbonyl (C=O) groups is 3. The van der Waals surface area contributed by atoms with E-state index < -0.39 is 17.9 Å². The molecule has 1 unspecified atom stereocenters. The van der Waals surface area contributed by atoms with Crippen molar-refractivity contribution < 1.29 is 19.5 Å². The first kappa shape index (κ1) is 19.0. The fourth-order valence-corrected chi connectivity index (χ4v) is 2.22. The SMILES string of the molecule is CC(NC(=O)c1ccc(NC(=O)c2cncnc2C(C)C)cc1)C(=O)O. The fraction of sp³-hybridized carbons (Fsp3) is 0.278. The second-order valence-electron chi connectivity index (χ2n) is 6.04. The molecular formula is C18H20N4O4. The van der Waals surface area contributed by atoms with Gasteiger partial charge in [0.15, 0.2) is 0 Å². The van der Waals surface area contributed by atoms with Crippen LogP contribution in [0, 0.1) is 0 Å². The Morgan fingerprint density at radius 1 is 1.04 bits per heavy atom. The third-order valence-electron chi connectivity index (χ3n) is 3.66. The number of carbonyl (C=O) groups excluding carboxylic acids is 2. The summed E-state index contributed by atoms with van der Waals surface area (Å²) >= 11 is 0. The lowest BCUT2D eigenvalue weighted by atomic mass is 10.0. The number of anilines is 1. The van der Waals surface area contributed by atoms with Gasteiger partial charge in [0, 0.05) is 17.4 Å². The van der Waals surface area contributed by atoms with Gasteiger partial charge >= 0.3 is 5.97 Å². The molecule has 3 N–H and O–H groups in total. The van der Waals surface area contributed by atoms with E-state index in [1.165, 1.54) is 31.6 Å². The molecule has 136 valence electrons. The van der Waals surface area contributed by atoms with Crippen LogP contribution in [0.15, 0.2) is 36.8 Å². The van der Waals surface area contributed by atoms with Crippen molar-refractivity contribution in [2.75, 3.05) is 5.32 Å². The van der Waals surface area contributed by atoms with Crippen molar-refractivity contribution in [1.29, 1.82) is 0 Å². The fourth-order valence-electron chi connectivity index (χ4n) is 2.22. The molecule has 0 bridgehead atoms. The minimum atomic E-state index is -1.12. The Balaban J connectivity index is 2.09. The number of hydrogen-bond acceptors (Lipinski definition) is 5. The molecule has 0 saturated heterocycles. The molecule has 26 heavy (non-hydrogen) atoms. The molecule has 0 aliphatic carbocycles. The summed E-state index contributed by atoms with van der Waals surface area (Å²) in [6, 6.07) is 5.15. The van der Waals surface area contributed by atoms with Crippen LogP contribution in [-0.4, -0.2) is 38.9 Å². The predicted octanol–water partition coefficient (Wildman–Crippen LogP) is 2.06. The third kappa shape index (κ3) is 4.62. The van der Waals surface area contributed by atoms with Crippen molar-refractivity contribution in [2.45, 2.75) is 32.7 Å². The number of rotatable bonds is 6.